The molecule has 1 atom stereocenters. The van der Waals surface area contributed by atoms with Crippen molar-refractivity contribution >= 4 is 40.6 Å². The van der Waals surface area contributed by atoms with Gasteiger partial charge in [-0.1, -0.05) is 38.1 Å². The van der Waals surface area contributed by atoms with Gasteiger partial charge in [0.05, 0.1) is 5.69 Å². The van der Waals surface area contributed by atoms with E-state index in [2.05, 4.69) is 9.69 Å². The lowest BCUT2D eigenvalue weighted by atomic mass is 9.99. The van der Waals surface area contributed by atoms with Crippen molar-refractivity contribution in [1.82, 2.24) is 9.69 Å². The number of amides is 3. The van der Waals surface area contributed by atoms with E-state index in [0.717, 1.165) is 17.1 Å². The summed E-state index contributed by atoms with van der Waals surface area (Å²) in [6, 6.07) is 11.4. The minimum absolute atomic E-state index is 0.0348. The zero-order chi connectivity index (χ0) is 26.8. The fraction of sp³-hybridized carbons (Fsp3) is 0.308. The summed E-state index contributed by atoms with van der Waals surface area (Å²) in [7, 11) is 0. The first kappa shape index (κ1) is 26.8. The van der Waals surface area contributed by atoms with Crippen molar-refractivity contribution in [2.45, 2.75) is 52.1 Å². The Kier molecular flexibility index (Phi) is 7.78. The molecule has 0 aliphatic rings. The van der Waals surface area contributed by atoms with Gasteiger partial charge in [0, 0.05) is 11.2 Å². The van der Waals surface area contributed by atoms with Crippen LogP contribution in [-0.4, -0.2) is 27.6 Å². The third-order valence-corrected chi connectivity index (χ3v) is 6.25. The fourth-order valence-corrected chi connectivity index (χ4v) is 4.39. The van der Waals surface area contributed by atoms with Gasteiger partial charge in [-0.2, -0.15) is 4.37 Å². The highest BCUT2D eigenvalue weighted by atomic mass is 32.1. The van der Waals surface area contributed by atoms with E-state index in [1.165, 1.54) is 29.2 Å². The number of nitrogens with two attached hydrogens (primary N) is 2. The lowest BCUT2D eigenvalue weighted by Crippen LogP contribution is -2.49. The number of hydrogen-bond donors (Lipinski definition) is 3. The summed E-state index contributed by atoms with van der Waals surface area (Å²) in [6.07, 6.45) is 0. The zero-order valence-corrected chi connectivity index (χ0v) is 21.7. The number of nitrogens with one attached hydrogen (secondary N) is 1. The molecule has 3 rings (SSSR count). The van der Waals surface area contributed by atoms with Crippen LogP contribution in [0.25, 0.3) is 0 Å². The zero-order valence-electron chi connectivity index (χ0n) is 20.8. The quantitative estimate of drug-likeness (QED) is 0.433. The Morgan fingerprint density at radius 2 is 1.56 bits per heavy atom. The number of hydrogen-bond acceptors (Lipinski definition) is 6. The Balaban J connectivity index is 2.23. The maximum absolute atomic E-state index is 14.0. The van der Waals surface area contributed by atoms with Gasteiger partial charge in [0.1, 0.15) is 16.7 Å². The van der Waals surface area contributed by atoms with Crippen LogP contribution in [0, 0.1) is 5.82 Å². The number of halogens is 1. The SMILES string of the molecule is CC(C)c1ccc(N(C(=O)c2snc(C(N)=O)c2N)[C@@H](C(=O)NC(C)(C)C)c2ccc(F)cc2)cc1. The van der Waals surface area contributed by atoms with E-state index in [4.69, 9.17) is 11.5 Å². The van der Waals surface area contributed by atoms with E-state index < -0.39 is 35.1 Å². The molecule has 1 heterocycles. The van der Waals surface area contributed by atoms with E-state index in [9.17, 15) is 18.8 Å². The van der Waals surface area contributed by atoms with Gasteiger partial charge in [-0.05, 0) is 73.6 Å². The van der Waals surface area contributed by atoms with Gasteiger partial charge in [0.25, 0.3) is 11.8 Å². The first-order chi connectivity index (χ1) is 16.8. The lowest BCUT2D eigenvalue weighted by Gasteiger charge is -2.33. The number of carbonyl (C=O) groups excluding carboxylic acids is 3. The highest BCUT2D eigenvalue weighted by Crippen LogP contribution is 2.34. The normalized spacial score (nSPS) is 12.3. The maximum Gasteiger partial charge on any atom is 0.273 e. The van der Waals surface area contributed by atoms with E-state index in [1.807, 2.05) is 46.8 Å². The van der Waals surface area contributed by atoms with Crippen LogP contribution >= 0.6 is 11.5 Å². The molecular weight excluding hydrogens is 481 g/mol. The Morgan fingerprint density at radius 3 is 2.03 bits per heavy atom. The third-order valence-electron chi connectivity index (χ3n) is 5.40. The van der Waals surface area contributed by atoms with Crippen LogP contribution < -0.4 is 21.7 Å². The van der Waals surface area contributed by atoms with Crippen LogP contribution in [0.3, 0.4) is 0 Å². The minimum Gasteiger partial charge on any atom is -0.395 e. The van der Waals surface area contributed by atoms with Gasteiger partial charge in [0.15, 0.2) is 5.69 Å². The molecule has 0 bridgehead atoms. The van der Waals surface area contributed by atoms with Gasteiger partial charge >= 0.3 is 0 Å². The van der Waals surface area contributed by atoms with Crippen molar-refractivity contribution in [1.29, 1.82) is 0 Å². The smallest absolute Gasteiger partial charge is 0.273 e. The lowest BCUT2D eigenvalue weighted by molar-refractivity contribution is -0.123. The molecule has 0 aliphatic carbocycles. The molecule has 2 aromatic carbocycles. The second kappa shape index (κ2) is 10.4. The van der Waals surface area contributed by atoms with Gasteiger partial charge in [0.2, 0.25) is 5.91 Å². The summed E-state index contributed by atoms with van der Waals surface area (Å²) >= 11 is 0.725. The highest BCUT2D eigenvalue weighted by molar-refractivity contribution is 7.09. The number of rotatable bonds is 7. The molecule has 190 valence electrons. The van der Waals surface area contributed by atoms with Crippen molar-refractivity contribution in [2.75, 3.05) is 10.6 Å². The van der Waals surface area contributed by atoms with Crippen molar-refractivity contribution in [3.05, 3.63) is 76.0 Å². The van der Waals surface area contributed by atoms with Crippen LogP contribution in [0.2, 0.25) is 0 Å². The number of benzene rings is 2. The molecule has 0 saturated carbocycles. The molecule has 0 aliphatic heterocycles. The Morgan fingerprint density at radius 1 is 1.00 bits per heavy atom. The molecular formula is C26H30FN5O3S. The first-order valence-electron chi connectivity index (χ1n) is 11.4. The molecule has 36 heavy (non-hydrogen) atoms. The predicted octanol–water partition coefficient (Wildman–Crippen LogP) is 4.39. The average molecular weight is 512 g/mol. The van der Waals surface area contributed by atoms with Gasteiger partial charge in [-0.3, -0.25) is 19.3 Å². The molecule has 0 spiro atoms. The second-order valence-corrected chi connectivity index (χ2v) is 10.5. The number of nitrogens with zero attached hydrogens (tertiary/aromatic N) is 2. The van der Waals surface area contributed by atoms with E-state index in [-0.39, 0.29) is 22.2 Å². The molecule has 5 N–H and O–H groups in total. The summed E-state index contributed by atoms with van der Waals surface area (Å²) in [5.41, 5.74) is 12.3. The average Bonchev–Trinajstić information content (AvgIpc) is 3.18. The molecule has 0 fully saturated rings. The van der Waals surface area contributed by atoms with Crippen molar-refractivity contribution < 1.29 is 18.8 Å². The molecule has 8 nitrogen and oxygen atoms in total. The summed E-state index contributed by atoms with van der Waals surface area (Å²) in [4.78, 5) is 40.6. The molecule has 10 heteroatoms. The van der Waals surface area contributed by atoms with E-state index in [0.29, 0.717) is 11.3 Å². The van der Waals surface area contributed by atoms with Crippen LogP contribution in [0.15, 0.2) is 48.5 Å². The number of anilines is 2. The van der Waals surface area contributed by atoms with Crippen molar-refractivity contribution in [3.63, 3.8) is 0 Å². The van der Waals surface area contributed by atoms with Crippen LogP contribution in [-0.2, 0) is 4.79 Å². The number of carbonyl (C=O) groups is 3. The molecule has 0 unspecified atom stereocenters. The molecule has 3 amide bonds. The summed E-state index contributed by atoms with van der Waals surface area (Å²) in [6.45, 7) is 9.53. The van der Waals surface area contributed by atoms with E-state index in [1.54, 1.807) is 12.1 Å². The van der Waals surface area contributed by atoms with Crippen molar-refractivity contribution in [2.24, 2.45) is 5.73 Å². The Bertz CT molecular complexity index is 1260. The standard InChI is InChI=1S/C26H30FN5O3S/c1-14(2)15-8-12-18(13-9-15)32(25(35)22-19(28)20(23(29)33)31-36-22)21(24(34)30-26(3,4)5)16-6-10-17(27)11-7-16/h6-14,21H,28H2,1-5H3,(H2,29,33)(H,30,34)/t21-/m1/s1. The Hall–Kier alpha value is -3.79. The van der Waals surface area contributed by atoms with Gasteiger partial charge < -0.3 is 16.8 Å². The monoisotopic (exact) mass is 511 g/mol. The summed E-state index contributed by atoms with van der Waals surface area (Å²) in [5.74, 6) is -2.22. The largest absolute Gasteiger partial charge is 0.395 e. The summed E-state index contributed by atoms with van der Waals surface area (Å²) < 4.78 is 17.7. The number of primary amides is 1. The van der Waals surface area contributed by atoms with Gasteiger partial charge in [-0.25, -0.2) is 4.39 Å². The fourth-order valence-electron chi connectivity index (χ4n) is 3.64. The van der Waals surface area contributed by atoms with Crippen molar-refractivity contribution in [3.8, 4) is 0 Å². The van der Waals surface area contributed by atoms with E-state index >= 15 is 0 Å². The topological polar surface area (TPSA) is 131 Å². The summed E-state index contributed by atoms with van der Waals surface area (Å²) in [5, 5.41) is 2.91. The minimum atomic E-state index is -1.18. The van der Waals surface area contributed by atoms with Crippen LogP contribution in [0.4, 0.5) is 15.8 Å². The molecule has 3 aromatic rings. The molecule has 0 radical (unpaired) electrons. The Labute approximate surface area is 213 Å². The van der Waals surface area contributed by atoms with Crippen LogP contribution in [0.5, 0.6) is 0 Å². The first-order valence-corrected chi connectivity index (χ1v) is 12.1. The van der Waals surface area contributed by atoms with Crippen LogP contribution in [0.1, 0.15) is 77.9 Å². The predicted molar refractivity (Wildman–Crippen MR) is 139 cm³/mol. The number of aromatic nitrogens is 1. The highest BCUT2D eigenvalue weighted by Gasteiger charge is 2.37. The third kappa shape index (κ3) is 5.88. The second-order valence-electron chi connectivity index (χ2n) is 9.75. The molecule has 0 saturated heterocycles. The van der Waals surface area contributed by atoms with Gasteiger partial charge in [-0.15, -0.1) is 0 Å². The number of nitrogen functional groups attached to an aromatic ring is 1. The maximum atomic E-state index is 14.0. The molecule has 1 aromatic heterocycles.